The summed E-state index contributed by atoms with van der Waals surface area (Å²) in [6.07, 6.45) is 2.33. The van der Waals surface area contributed by atoms with E-state index in [9.17, 15) is 4.79 Å². The molecule has 3 N–H and O–H groups in total. The Morgan fingerprint density at radius 2 is 2.10 bits per heavy atom. The molecule has 110 valence electrons. The Kier molecular flexibility index (Phi) is 5.00. The molecule has 0 saturated carbocycles. The summed E-state index contributed by atoms with van der Waals surface area (Å²) < 4.78 is 5.47. The van der Waals surface area contributed by atoms with Gasteiger partial charge in [0.25, 0.3) is 5.91 Å². The van der Waals surface area contributed by atoms with Crippen molar-refractivity contribution < 1.29 is 9.53 Å². The molecule has 6 heteroatoms. The number of amides is 1. The molecule has 0 bridgehead atoms. The molecule has 0 atom stereocenters. The second-order valence-corrected chi connectivity index (χ2v) is 4.83. The van der Waals surface area contributed by atoms with E-state index in [0.29, 0.717) is 17.9 Å². The van der Waals surface area contributed by atoms with E-state index in [2.05, 4.69) is 10.3 Å². The van der Waals surface area contributed by atoms with Crippen LogP contribution in [0, 0.1) is 0 Å². The van der Waals surface area contributed by atoms with Gasteiger partial charge in [-0.05, 0) is 36.8 Å². The minimum atomic E-state index is -0.299. The highest BCUT2D eigenvalue weighted by molar-refractivity contribution is 6.33. The first-order chi connectivity index (χ1) is 10.1. The highest BCUT2D eigenvalue weighted by Crippen LogP contribution is 2.19. The van der Waals surface area contributed by atoms with Crippen LogP contribution in [0.2, 0.25) is 5.02 Å². The summed E-state index contributed by atoms with van der Waals surface area (Å²) >= 11 is 5.85. The first-order valence-corrected chi connectivity index (χ1v) is 6.93. The summed E-state index contributed by atoms with van der Waals surface area (Å²) in [5, 5.41) is 3.01. The lowest BCUT2D eigenvalue weighted by Crippen LogP contribution is -2.12. The van der Waals surface area contributed by atoms with Crippen molar-refractivity contribution in [2.75, 3.05) is 17.7 Å². The fourth-order valence-corrected chi connectivity index (χ4v) is 1.80. The molecular weight excluding hydrogens is 290 g/mol. The quantitative estimate of drug-likeness (QED) is 0.888. The van der Waals surface area contributed by atoms with Crippen LogP contribution < -0.4 is 15.8 Å². The highest BCUT2D eigenvalue weighted by atomic mass is 35.5. The Balaban J connectivity index is 2.03. The lowest BCUT2D eigenvalue weighted by atomic mass is 10.2. The Bertz CT molecular complexity index is 629. The predicted molar refractivity (Wildman–Crippen MR) is 83.8 cm³/mol. The second kappa shape index (κ2) is 6.95. The normalized spacial score (nSPS) is 10.2. The number of ether oxygens (including phenoxy) is 1. The van der Waals surface area contributed by atoms with Gasteiger partial charge in [0.2, 0.25) is 0 Å². The van der Waals surface area contributed by atoms with Crippen LogP contribution in [0.5, 0.6) is 5.75 Å². The van der Waals surface area contributed by atoms with Crippen molar-refractivity contribution in [2.24, 2.45) is 0 Å². The third-order valence-electron chi connectivity index (χ3n) is 2.72. The van der Waals surface area contributed by atoms with Crippen LogP contribution >= 0.6 is 11.6 Å². The van der Waals surface area contributed by atoms with E-state index in [-0.39, 0.29) is 16.7 Å². The molecule has 2 aromatic rings. The molecule has 0 aliphatic rings. The summed E-state index contributed by atoms with van der Waals surface area (Å²) in [4.78, 5) is 15.9. The molecular formula is C15H16ClN3O2. The number of nitrogens with two attached hydrogens (primary N) is 1. The van der Waals surface area contributed by atoms with E-state index >= 15 is 0 Å². The van der Waals surface area contributed by atoms with Crippen LogP contribution in [0.1, 0.15) is 23.7 Å². The first kappa shape index (κ1) is 15.1. The van der Waals surface area contributed by atoms with Crippen LogP contribution in [0.4, 0.5) is 11.5 Å². The van der Waals surface area contributed by atoms with Crippen LogP contribution in [0.3, 0.4) is 0 Å². The molecule has 0 saturated heterocycles. The number of nitrogen functional groups attached to an aromatic ring is 1. The Morgan fingerprint density at radius 1 is 1.38 bits per heavy atom. The number of nitrogens with zero attached hydrogens (tertiary/aromatic N) is 1. The number of anilines is 2. The number of aromatic nitrogens is 1. The zero-order valence-corrected chi connectivity index (χ0v) is 12.4. The Morgan fingerprint density at radius 3 is 2.71 bits per heavy atom. The minimum absolute atomic E-state index is 0.200. The maximum Gasteiger partial charge on any atom is 0.257 e. The summed E-state index contributed by atoms with van der Waals surface area (Å²) in [7, 11) is 0. The smallest absolute Gasteiger partial charge is 0.257 e. The molecule has 0 aliphatic carbocycles. The lowest BCUT2D eigenvalue weighted by molar-refractivity contribution is 0.102. The largest absolute Gasteiger partial charge is 0.494 e. The van der Waals surface area contributed by atoms with E-state index in [1.807, 2.05) is 6.92 Å². The van der Waals surface area contributed by atoms with Crippen LogP contribution in [0.15, 0.2) is 36.5 Å². The van der Waals surface area contributed by atoms with Crippen LogP contribution in [0.25, 0.3) is 0 Å². The van der Waals surface area contributed by atoms with Gasteiger partial charge < -0.3 is 15.8 Å². The number of carbonyl (C=O) groups excluding carboxylic acids is 1. The monoisotopic (exact) mass is 305 g/mol. The fraction of sp³-hybridized carbons (Fsp3) is 0.200. The van der Waals surface area contributed by atoms with Crippen molar-refractivity contribution in [2.45, 2.75) is 13.3 Å². The van der Waals surface area contributed by atoms with Crippen LogP contribution in [-0.2, 0) is 0 Å². The van der Waals surface area contributed by atoms with Gasteiger partial charge in [-0.3, -0.25) is 4.79 Å². The van der Waals surface area contributed by atoms with Crippen molar-refractivity contribution in [3.8, 4) is 5.75 Å². The fourth-order valence-electron chi connectivity index (χ4n) is 1.63. The van der Waals surface area contributed by atoms with E-state index in [1.165, 1.54) is 12.3 Å². The molecule has 21 heavy (non-hydrogen) atoms. The summed E-state index contributed by atoms with van der Waals surface area (Å²) in [6.45, 7) is 2.71. The molecule has 1 aromatic carbocycles. The number of hydrogen-bond acceptors (Lipinski definition) is 4. The van der Waals surface area contributed by atoms with Crippen LogP contribution in [-0.4, -0.2) is 17.5 Å². The molecule has 1 aromatic heterocycles. The average Bonchev–Trinajstić information content (AvgIpc) is 2.49. The standard InChI is InChI=1S/C15H16ClN3O2/c1-2-7-21-12-5-3-11(4-6-12)19-15(20)10-8-13(16)14(17)18-9-10/h3-6,8-9H,2,7H2,1H3,(H2,17,18)(H,19,20). The second-order valence-electron chi connectivity index (χ2n) is 4.42. The van der Waals surface area contributed by atoms with Gasteiger partial charge in [0.1, 0.15) is 11.6 Å². The molecule has 0 radical (unpaired) electrons. The topological polar surface area (TPSA) is 77.2 Å². The maximum absolute atomic E-state index is 12.1. The average molecular weight is 306 g/mol. The predicted octanol–water partition coefficient (Wildman–Crippen LogP) is 3.36. The summed E-state index contributed by atoms with van der Waals surface area (Å²) in [6, 6.07) is 8.64. The SMILES string of the molecule is CCCOc1ccc(NC(=O)c2cnc(N)c(Cl)c2)cc1. The maximum atomic E-state index is 12.1. The Labute approximate surface area is 128 Å². The number of benzene rings is 1. The third kappa shape index (κ3) is 4.10. The van der Waals surface area contributed by atoms with Crippen molar-refractivity contribution in [1.29, 1.82) is 0 Å². The van der Waals surface area contributed by atoms with Gasteiger partial charge in [-0.1, -0.05) is 18.5 Å². The zero-order valence-electron chi connectivity index (χ0n) is 11.6. The van der Waals surface area contributed by atoms with Crippen molar-refractivity contribution >= 4 is 29.0 Å². The lowest BCUT2D eigenvalue weighted by Gasteiger charge is -2.08. The molecule has 1 heterocycles. The van der Waals surface area contributed by atoms with Gasteiger partial charge in [-0.2, -0.15) is 0 Å². The van der Waals surface area contributed by atoms with Gasteiger partial charge in [-0.15, -0.1) is 0 Å². The summed E-state index contributed by atoms with van der Waals surface area (Å²) in [5.74, 6) is 0.671. The van der Waals surface area contributed by atoms with Gasteiger partial charge in [-0.25, -0.2) is 4.98 Å². The molecule has 2 rings (SSSR count). The van der Waals surface area contributed by atoms with E-state index in [0.717, 1.165) is 12.2 Å². The summed E-state index contributed by atoms with van der Waals surface area (Å²) in [5.41, 5.74) is 6.52. The number of hydrogen-bond donors (Lipinski definition) is 2. The van der Waals surface area contributed by atoms with Gasteiger partial charge in [0.05, 0.1) is 17.2 Å². The van der Waals surface area contributed by atoms with E-state index in [4.69, 9.17) is 22.1 Å². The van der Waals surface area contributed by atoms with Gasteiger partial charge in [0.15, 0.2) is 0 Å². The number of pyridine rings is 1. The molecule has 0 unspecified atom stereocenters. The van der Waals surface area contributed by atoms with E-state index in [1.54, 1.807) is 24.3 Å². The van der Waals surface area contributed by atoms with Gasteiger partial charge >= 0.3 is 0 Å². The highest BCUT2D eigenvalue weighted by Gasteiger charge is 2.09. The molecule has 0 fully saturated rings. The first-order valence-electron chi connectivity index (χ1n) is 6.55. The van der Waals surface area contributed by atoms with E-state index < -0.39 is 0 Å². The van der Waals surface area contributed by atoms with Crippen molar-refractivity contribution in [3.05, 3.63) is 47.1 Å². The molecule has 0 spiro atoms. The third-order valence-corrected chi connectivity index (χ3v) is 3.02. The number of nitrogens with one attached hydrogen (secondary N) is 1. The number of halogens is 1. The molecule has 0 aliphatic heterocycles. The molecule has 5 nitrogen and oxygen atoms in total. The Hall–Kier alpha value is -2.27. The minimum Gasteiger partial charge on any atom is -0.494 e. The number of rotatable bonds is 5. The van der Waals surface area contributed by atoms with Gasteiger partial charge in [0, 0.05) is 11.9 Å². The van der Waals surface area contributed by atoms with Crippen molar-refractivity contribution in [1.82, 2.24) is 4.98 Å². The zero-order chi connectivity index (χ0) is 15.2. The van der Waals surface area contributed by atoms with Crippen molar-refractivity contribution in [3.63, 3.8) is 0 Å². The molecule has 1 amide bonds. The number of carbonyl (C=O) groups is 1.